The standard InChI is InChI=1S/C13H20N2O4/c1-3-13(18)15-11-5-4-10(19-2)6-12(11)14-7-9(17)8-16/h4-6,9,14,16-17H,3,7-8H2,1-2H3,(H,15,18). The van der Waals surface area contributed by atoms with Gasteiger partial charge in [-0.05, 0) is 12.1 Å². The highest BCUT2D eigenvalue weighted by Gasteiger charge is 2.09. The smallest absolute Gasteiger partial charge is 0.224 e. The van der Waals surface area contributed by atoms with Gasteiger partial charge in [0.1, 0.15) is 5.75 Å². The van der Waals surface area contributed by atoms with Gasteiger partial charge in [-0.2, -0.15) is 0 Å². The first-order valence-corrected chi connectivity index (χ1v) is 6.11. The lowest BCUT2D eigenvalue weighted by Crippen LogP contribution is -2.23. The molecule has 0 radical (unpaired) electrons. The number of rotatable bonds is 7. The van der Waals surface area contributed by atoms with Crippen LogP contribution in [0.4, 0.5) is 11.4 Å². The van der Waals surface area contributed by atoms with Crippen LogP contribution in [0.3, 0.4) is 0 Å². The minimum Gasteiger partial charge on any atom is -0.497 e. The number of benzene rings is 1. The molecule has 0 aliphatic heterocycles. The highest BCUT2D eigenvalue weighted by atomic mass is 16.5. The van der Waals surface area contributed by atoms with Crippen molar-refractivity contribution in [1.29, 1.82) is 0 Å². The number of anilines is 2. The number of carbonyl (C=O) groups is 1. The second kappa shape index (κ2) is 7.60. The summed E-state index contributed by atoms with van der Waals surface area (Å²) in [7, 11) is 1.55. The van der Waals surface area contributed by atoms with Crippen molar-refractivity contribution >= 4 is 17.3 Å². The predicted molar refractivity (Wildman–Crippen MR) is 73.5 cm³/mol. The van der Waals surface area contributed by atoms with E-state index in [1.165, 1.54) is 0 Å². The van der Waals surface area contributed by atoms with Crippen molar-refractivity contribution in [2.24, 2.45) is 0 Å². The van der Waals surface area contributed by atoms with Crippen molar-refractivity contribution in [3.8, 4) is 5.75 Å². The Hall–Kier alpha value is -1.79. The number of ether oxygens (including phenoxy) is 1. The molecule has 6 nitrogen and oxygen atoms in total. The van der Waals surface area contributed by atoms with Gasteiger partial charge in [0.15, 0.2) is 0 Å². The van der Waals surface area contributed by atoms with E-state index in [0.717, 1.165) is 0 Å². The molecule has 1 amide bonds. The molecule has 1 rings (SSSR count). The van der Waals surface area contributed by atoms with Gasteiger partial charge in [0, 0.05) is 19.0 Å². The average molecular weight is 268 g/mol. The topological polar surface area (TPSA) is 90.8 Å². The lowest BCUT2D eigenvalue weighted by molar-refractivity contribution is -0.115. The van der Waals surface area contributed by atoms with E-state index < -0.39 is 6.10 Å². The first-order valence-electron chi connectivity index (χ1n) is 6.11. The average Bonchev–Trinajstić information content (AvgIpc) is 2.45. The molecule has 0 saturated carbocycles. The van der Waals surface area contributed by atoms with E-state index in [4.69, 9.17) is 9.84 Å². The maximum atomic E-state index is 11.4. The van der Waals surface area contributed by atoms with Gasteiger partial charge >= 0.3 is 0 Å². The lowest BCUT2D eigenvalue weighted by Gasteiger charge is -2.15. The van der Waals surface area contributed by atoms with Gasteiger partial charge in [-0.15, -0.1) is 0 Å². The van der Waals surface area contributed by atoms with Crippen LogP contribution in [-0.2, 0) is 4.79 Å². The number of amides is 1. The van der Waals surface area contributed by atoms with E-state index in [1.54, 1.807) is 32.2 Å². The molecule has 1 atom stereocenters. The van der Waals surface area contributed by atoms with Gasteiger partial charge in [0.2, 0.25) is 5.91 Å². The van der Waals surface area contributed by atoms with E-state index in [0.29, 0.717) is 23.5 Å². The number of aliphatic hydroxyl groups excluding tert-OH is 2. The SMILES string of the molecule is CCC(=O)Nc1ccc(OC)cc1NCC(O)CO. The zero-order valence-electron chi connectivity index (χ0n) is 11.1. The Kier molecular flexibility index (Phi) is 6.11. The van der Waals surface area contributed by atoms with Crippen LogP contribution in [0.2, 0.25) is 0 Å². The van der Waals surface area contributed by atoms with Crippen LogP contribution < -0.4 is 15.4 Å². The Morgan fingerprint density at radius 1 is 1.42 bits per heavy atom. The number of aliphatic hydroxyl groups is 2. The number of hydrogen-bond donors (Lipinski definition) is 4. The zero-order valence-corrected chi connectivity index (χ0v) is 11.1. The molecule has 0 spiro atoms. The van der Waals surface area contributed by atoms with Crippen molar-refractivity contribution in [2.45, 2.75) is 19.4 Å². The fraction of sp³-hybridized carbons (Fsp3) is 0.462. The van der Waals surface area contributed by atoms with Crippen LogP contribution in [0.15, 0.2) is 18.2 Å². The lowest BCUT2D eigenvalue weighted by atomic mass is 10.2. The molecule has 0 bridgehead atoms. The Morgan fingerprint density at radius 2 is 2.16 bits per heavy atom. The normalized spacial score (nSPS) is 11.8. The summed E-state index contributed by atoms with van der Waals surface area (Å²) >= 11 is 0. The molecule has 0 aromatic heterocycles. The molecule has 0 aliphatic carbocycles. The molecule has 0 aliphatic rings. The molecule has 0 heterocycles. The number of hydrogen-bond acceptors (Lipinski definition) is 5. The van der Waals surface area contributed by atoms with Gasteiger partial charge in [0.25, 0.3) is 0 Å². The van der Waals surface area contributed by atoms with Crippen LogP contribution in [0.5, 0.6) is 5.75 Å². The van der Waals surface area contributed by atoms with E-state index in [-0.39, 0.29) is 19.1 Å². The highest BCUT2D eigenvalue weighted by molar-refractivity contribution is 5.94. The van der Waals surface area contributed by atoms with Crippen LogP contribution in [-0.4, -0.2) is 42.5 Å². The fourth-order valence-corrected chi connectivity index (χ4v) is 1.44. The Bertz CT molecular complexity index is 423. The largest absolute Gasteiger partial charge is 0.497 e. The molecular formula is C13H20N2O4. The summed E-state index contributed by atoms with van der Waals surface area (Å²) in [4.78, 5) is 11.4. The van der Waals surface area contributed by atoms with Gasteiger partial charge in [-0.3, -0.25) is 4.79 Å². The third-order valence-corrected chi connectivity index (χ3v) is 2.56. The van der Waals surface area contributed by atoms with Crippen molar-refractivity contribution in [3.05, 3.63) is 18.2 Å². The van der Waals surface area contributed by atoms with Crippen molar-refractivity contribution < 1.29 is 19.7 Å². The summed E-state index contributed by atoms with van der Waals surface area (Å²) in [5.74, 6) is 0.534. The molecule has 4 N–H and O–H groups in total. The molecular weight excluding hydrogens is 248 g/mol. The second-order valence-corrected chi connectivity index (χ2v) is 4.03. The Morgan fingerprint density at radius 3 is 2.74 bits per heavy atom. The Labute approximate surface area is 112 Å². The second-order valence-electron chi connectivity index (χ2n) is 4.03. The van der Waals surface area contributed by atoms with E-state index in [1.807, 2.05) is 0 Å². The molecule has 1 aromatic rings. The first-order chi connectivity index (χ1) is 9.10. The summed E-state index contributed by atoms with van der Waals surface area (Å²) in [6.07, 6.45) is -0.481. The summed E-state index contributed by atoms with van der Waals surface area (Å²) in [5, 5.41) is 23.8. The van der Waals surface area contributed by atoms with Gasteiger partial charge < -0.3 is 25.6 Å². The van der Waals surface area contributed by atoms with E-state index in [9.17, 15) is 9.90 Å². The zero-order chi connectivity index (χ0) is 14.3. The minimum absolute atomic E-state index is 0.101. The van der Waals surface area contributed by atoms with E-state index in [2.05, 4.69) is 10.6 Å². The Balaban J connectivity index is 2.85. The molecule has 6 heteroatoms. The van der Waals surface area contributed by atoms with Gasteiger partial charge in [-0.25, -0.2) is 0 Å². The third kappa shape index (κ3) is 4.76. The van der Waals surface area contributed by atoms with E-state index >= 15 is 0 Å². The molecule has 0 fully saturated rings. The number of carbonyl (C=O) groups excluding carboxylic acids is 1. The highest BCUT2D eigenvalue weighted by Crippen LogP contribution is 2.27. The maximum Gasteiger partial charge on any atom is 0.224 e. The molecule has 1 unspecified atom stereocenters. The van der Waals surface area contributed by atoms with Crippen LogP contribution >= 0.6 is 0 Å². The van der Waals surface area contributed by atoms with Crippen LogP contribution in [0.25, 0.3) is 0 Å². The fourth-order valence-electron chi connectivity index (χ4n) is 1.44. The minimum atomic E-state index is -0.860. The monoisotopic (exact) mass is 268 g/mol. The molecule has 19 heavy (non-hydrogen) atoms. The third-order valence-electron chi connectivity index (χ3n) is 2.56. The van der Waals surface area contributed by atoms with Crippen molar-refractivity contribution in [1.82, 2.24) is 0 Å². The number of nitrogens with one attached hydrogen (secondary N) is 2. The summed E-state index contributed by atoms with van der Waals surface area (Å²) in [6.45, 7) is 1.62. The summed E-state index contributed by atoms with van der Waals surface area (Å²) in [5.41, 5.74) is 1.24. The number of methoxy groups -OCH3 is 1. The van der Waals surface area contributed by atoms with Crippen molar-refractivity contribution in [2.75, 3.05) is 30.9 Å². The van der Waals surface area contributed by atoms with Gasteiger partial charge in [-0.1, -0.05) is 6.92 Å². The van der Waals surface area contributed by atoms with Gasteiger partial charge in [0.05, 0.1) is 31.2 Å². The first kappa shape index (κ1) is 15.3. The maximum absolute atomic E-state index is 11.4. The van der Waals surface area contributed by atoms with Crippen molar-refractivity contribution in [3.63, 3.8) is 0 Å². The predicted octanol–water partition coefficient (Wildman–Crippen LogP) is 0.809. The quantitative estimate of drug-likeness (QED) is 0.587. The molecule has 1 aromatic carbocycles. The molecule has 106 valence electrons. The summed E-state index contributed by atoms with van der Waals surface area (Å²) < 4.78 is 5.11. The molecule has 0 saturated heterocycles. The summed E-state index contributed by atoms with van der Waals surface area (Å²) in [6, 6.07) is 5.17. The van der Waals surface area contributed by atoms with Crippen LogP contribution in [0.1, 0.15) is 13.3 Å². The van der Waals surface area contributed by atoms with Crippen LogP contribution in [0, 0.1) is 0 Å².